The molecule has 1 atom stereocenters. The molecule has 0 saturated heterocycles. The van der Waals surface area contributed by atoms with Gasteiger partial charge in [-0.1, -0.05) is 41.6 Å². The van der Waals surface area contributed by atoms with Crippen molar-refractivity contribution in [3.8, 4) is 0 Å². The van der Waals surface area contributed by atoms with Crippen molar-refractivity contribution in [3.63, 3.8) is 0 Å². The van der Waals surface area contributed by atoms with Gasteiger partial charge in [0.15, 0.2) is 0 Å². The predicted molar refractivity (Wildman–Crippen MR) is 74.8 cm³/mol. The first kappa shape index (κ1) is 13.1. The number of thioether (sulfide) groups is 1. The van der Waals surface area contributed by atoms with Crippen LogP contribution < -0.4 is 5.32 Å². The van der Waals surface area contributed by atoms with Gasteiger partial charge in [0.1, 0.15) is 5.82 Å². The van der Waals surface area contributed by atoms with Crippen molar-refractivity contribution in [1.29, 1.82) is 0 Å². The van der Waals surface area contributed by atoms with E-state index in [1.807, 2.05) is 14.0 Å². The fraction of sp³-hybridized carbons (Fsp3) is 0.385. The Kier molecular flexibility index (Phi) is 4.38. The molecule has 0 amide bonds. The lowest BCUT2D eigenvalue weighted by Crippen LogP contribution is -2.18. The van der Waals surface area contributed by atoms with Crippen molar-refractivity contribution in [2.45, 2.75) is 25.0 Å². The number of rotatable bonds is 5. The zero-order valence-electron chi connectivity index (χ0n) is 10.9. The van der Waals surface area contributed by atoms with Crippen LogP contribution in [0.15, 0.2) is 29.4 Å². The van der Waals surface area contributed by atoms with Crippen molar-refractivity contribution in [1.82, 2.24) is 20.5 Å². The number of aromatic nitrogens is 3. The summed E-state index contributed by atoms with van der Waals surface area (Å²) in [6.07, 6.45) is 0. The maximum absolute atomic E-state index is 4.29. The molecule has 0 aliphatic heterocycles. The van der Waals surface area contributed by atoms with E-state index in [2.05, 4.69) is 51.7 Å². The second-order valence-electron chi connectivity index (χ2n) is 4.27. The number of aryl methyl sites for hydroxylation is 2. The lowest BCUT2D eigenvalue weighted by Gasteiger charge is -2.15. The van der Waals surface area contributed by atoms with Gasteiger partial charge in [0.2, 0.25) is 5.16 Å². The summed E-state index contributed by atoms with van der Waals surface area (Å²) in [5, 5.41) is 11.1. The summed E-state index contributed by atoms with van der Waals surface area (Å²) in [6, 6.07) is 8.93. The fourth-order valence-corrected chi connectivity index (χ4v) is 2.68. The molecule has 1 aromatic carbocycles. The molecule has 2 aromatic rings. The first-order chi connectivity index (χ1) is 8.69. The van der Waals surface area contributed by atoms with E-state index in [-0.39, 0.29) is 0 Å². The zero-order chi connectivity index (χ0) is 13.0. The van der Waals surface area contributed by atoms with Gasteiger partial charge in [0, 0.05) is 11.8 Å². The Bertz CT molecular complexity index is 492. The number of nitrogens with one attached hydrogen (secondary N) is 2. The molecular weight excluding hydrogens is 244 g/mol. The highest BCUT2D eigenvalue weighted by Crippen LogP contribution is 2.22. The normalized spacial score (nSPS) is 12.6. The fourth-order valence-electron chi connectivity index (χ4n) is 1.69. The van der Waals surface area contributed by atoms with E-state index < -0.39 is 0 Å². The Morgan fingerprint density at radius 3 is 2.56 bits per heavy atom. The van der Waals surface area contributed by atoms with E-state index in [9.17, 15) is 0 Å². The van der Waals surface area contributed by atoms with Crippen LogP contribution in [0.3, 0.4) is 0 Å². The highest BCUT2D eigenvalue weighted by Gasteiger charge is 2.11. The van der Waals surface area contributed by atoms with E-state index in [4.69, 9.17) is 0 Å². The second-order valence-corrected chi connectivity index (χ2v) is 5.25. The lowest BCUT2D eigenvalue weighted by atomic mass is 10.1. The number of benzene rings is 1. The summed E-state index contributed by atoms with van der Waals surface area (Å²) in [7, 11) is 1.98. The molecule has 2 N–H and O–H groups in total. The van der Waals surface area contributed by atoms with Crippen LogP contribution in [-0.2, 0) is 0 Å². The Morgan fingerprint density at radius 1 is 1.28 bits per heavy atom. The maximum atomic E-state index is 4.29. The summed E-state index contributed by atoms with van der Waals surface area (Å²) in [5.41, 5.74) is 2.58. The third-order valence-electron chi connectivity index (χ3n) is 2.78. The smallest absolute Gasteiger partial charge is 0.208 e. The van der Waals surface area contributed by atoms with E-state index in [0.717, 1.165) is 16.7 Å². The predicted octanol–water partition coefficient (Wildman–Crippen LogP) is 2.47. The molecule has 0 radical (unpaired) electrons. The van der Waals surface area contributed by atoms with Gasteiger partial charge >= 0.3 is 0 Å². The summed E-state index contributed by atoms with van der Waals surface area (Å²) in [5.74, 6) is 1.77. The van der Waals surface area contributed by atoms with Gasteiger partial charge in [0.05, 0.1) is 0 Å². The highest BCUT2D eigenvalue weighted by molar-refractivity contribution is 7.99. The Labute approximate surface area is 112 Å². The average molecular weight is 262 g/mol. The van der Waals surface area contributed by atoms with Crippen molar-refractivity contribution < 1.29 is 0 Å². The Morgan fingerprint density at radius 2 is 2.00 bits per heavy atom. The molecule has 18 heavy (non-hydrogen) atoms. The van der Waals surface area contributed by atoms with Crippen LogP contribution in [0.4, 0.5) is 0 Å². The molecule has 0 aliphatic carbocycles. The molecule has 0 spiro atoms. The molecule has 5 heteroatoms. The third kappa shape index (κ3) is 3.34. The summed E-state index contributed by atoms with van der Waals surface area (Å²) in [4.78, 5) is 4.29. The molecule has 0 bridgehead atoms. The van der Waals surface area contributed by atoms with E-state index in [1.54, 1.807) is 11.8 Å². The molecule has 0 saturated carbocycles. The van der Waals surface area contributed by atoms with Crippen molar-refractivity contribution >= 4 is 11.8 Å². The summed E-state index contributed by atoms with van der Waals surface area (Å²) in [6.45, 7) is 4.01. The molecular formula is C13H18N4S. The van der Waals surface area contributed by atoms with Gasteiger partial charge in [-0.25, -0.2) is 4.98 Å². The van der Waals surface area contributed by atoms with Gasteiger partial charge in [-0.15, -0.1) is 5.10 Å². The van der Waals surface area contributed by atoms with E-state index in [0.29, 0.717) is 6.04 Å². The number of aromatic amines is 1. The standard InChI is InChI=1S/C13H18N4S/c1-9-4-6-11(7-5-9)12(14-3)8-18-13-15-10(2)16-17-13/h4-7,12,14H,8H2,1-3H3,(H,15,16,17). The highest BCUT2D eigenvalue weighted by atomic mass is 32.2. The summed E-state index contributed by atoms with van der Waals surface area (Å²) < 4.78 is 0. The van der Waals surface area contributed by atoms with Crippen LogP contribution in [0.2, 0.25) is 0 Å². The van der Waals surface area contributed by atoms with Gasteiger partial charge in [0.25, 0.3) is 0 Å². The van der Waals surface area contributed by atoms with Gasteiger partial charge in [-0.2, -0.15) is 0 Å². The van der Waals surface area contributed by atoms with Crippen molar-refractivity contribution in [2.24, 2.45) is 0 Å². The number of nitrogens with zero attached hydrogens (tertiary/aromatic N) is 2. The lowest BCUT2D eigenvalue weighted by molar-refractivity contribution is 0.661. The molecule has 0 fully saturated rings. The number of hydrogen-bond donors (Lipinski definition) is 2. The Balaban J connectivity index is 1.99. The van der Waals surface area contributed by atoms with Crippen LogP contribution in [0.25, 0.3) is 0 Å². The molecule has 1 heterocycles. The van der Waals surface area contributed by atoms with E-state index in [1.165, 1.54) is 11.1 Å². The van der Waals surface area contributed by atoms with Crippen LogP contribution in [0, 0.1) is 13.8 Å². The summed E-state index contributed by atoms with van der Waals surface area (Å²) >= 11 is 1.66. The van der Waals surface area contributed by atoms with Crippen LogP contribution in [-0.4, -0.2) is 28.0 Å². The molecule has 0 aliphatic rings. The van der Waals surface area contributed by atoms with Crippen LogP contribution in [0.5, 0.6) is 0 Å². The van der Waals surface area contributed by atoms with Crippen molar-refractivity contribution in [3.05, 3.63) is 41.2 Å². The topological polar surface area (TPSA) is 53.6 Å². The minimum absolute atomic E-state index is 0.314. The monoisotopic (exact) mass is 262 g/mol. The SMILES string of the molecule is CNC(CSc1n[nH]c(C)n1)c1ccc(C)cc1. The maximum Gasteiger partial charge on any atom is 0.208 e. The minimum atomic E-state index is 0.314. The molecule has 96 valence electrons. The van der Waals surface area contributed by atoms with Crippen LogP contribution in [0.1, 0.15) is 23.0 Å². The van der Waals surface area contributed by atoms with Gasteiger partial charge in [-0.3, -0.25) is 5.10 Å². The second kappa shape index (κ2) is 6.02. The zero-order valence-corrected chi connectivity index (χ0v) is 11.7. The van der Waals surface area contributed by atoms with Crippen molar-refractivity contribution in [2.75, 3.05) is 12.8 Å². The van der Waals surface area contributed by atoms with Crippen LogP contribution >= 0.6 is 11.8 Å². The Hall–Kier alpha value is -1.33. The quantitative estimate of drug-likeness (QED) is 0.813. The third-order valence-corrected chi connectivity index (χ3v) is 3.72. The molecule has 2 rings (SSSR count). The van der Waals surface area contributed by atoms with Gasteiger partial charge in [-0.05, 0) is 26.5 Å². The van der Waals surface area contributed by atoms with Gasteiger partial charge < -0.3 is 5.32 Å². The molecule has 4 nitrogen and oxygen atoms in total. The first-order valence-electron chi connectivity index (χ1n) is 5.94. The minimum Gasteiger partial charge on any atom is -0.312 e. The number of H-pyrrole nitrogens is 1. The van der Waals surface area contributed by atoms with E-state index >= 15 is 0 Å². The molecule has 1 unspecified atom stereocenters. The first-order valence-corrected chi connectivity index (χ1v) is 6.93. The molecule has 1 aromatic heterocycles. The average Bonchev–Trinajstić information content (AvgIpc) is 2.78. The largest absolute Gasteiger partial charge is 0.312 e. The number of hydrogen-bond acceptors (Lipinski definition) is 4.